The van der Waals surface area contributed by atoms with Crippen molar-refractivity contribution in [2.24, 2.45) is 17.8 Å². The fourth-order valence-corrected chi connectivity index (χ4v) is 8.44. The average molecular weight is 877 g/mol. The molecule has 0 heterocycles. The van der Waals surface area contributed by atoms with Crippen molar-refractivity contribution in [3.05, 3.63) is 0 Å². The third kappa shape index (κ3) is 47.9. The van der Waals surface area contributed by atoms with Crippen LogP contribution < -0.4 is 0 Å². The molecule has 0 rings (SSSR count). The summed E-state index contributed by atoms with van der Waals surface area (Å²) in [6.45, 7) is 13.7. The van der Waals surface area contributed by atoms with E-state index < -0.39 is 6.10 Å². The molecule has 0 N–H and O–H groups in total. The van der Waals surface area contributed by atoms with Crippen LogP contribution in [0.1, 0.15) is 305 Å². The van der Waals surface area contributed by atoms with Crippen molar-refractivity contribution in [1.29, 1.82) is 0 Å². The van der Waals surface area contributed by atoms with Gasteiger partial charge in [0.25, 0.3) is 0 Å². The molecule has 0 spiro atoms. The lowest BCUT2D eigenvalue weighted by atomic mass is 9.99. The summed E-state index contributed by atoms with van der Waals surface area (Å²) in [6, 6.07) is 0. The first kappa shape index (κ1) is 60.4. The van der Waals surface area contributed by atoms with Crippen LogP contribution in [0.4, 0.5) is 0 Å². The van der Waals surface area contributed by atoms with Gasteiger partial charge in [0.05, 0.1) is 0 Å². The van der Waals surface area contributed by atoms with Gasteiger partial charge in [0.1, 0.15) is 13.2 Å². The number of carbonyl (C=O) groups excluding carboxylic acids is 3. The summed E-state index contributed by atoms with van der Waals surface area (Å²) in [5, 5.41) is 0. The van der Waals surface area contributed by atoms with Crippen molar-refractivity contribution in [2.45, 2.75) is 311 Å². The zero-order chi connectivity index (χ0) is 45.6. The molecule has 0 aromatic carbocycles. The topological polar surface area (TPSA) is 78.9 Å². The largest absolute Gasteiger partial charge is 0.462 e. The molecule has 6 nitrogen and oxygen atoms in total. The van der Waals surface area contributed by atoms with Gasteiger partial charge in [-0.15, -0.1) is 0 Å². The molecule has 0 fully saturated rings. The van der Waals surface area contributed by atoms with Crippen LogP contribution in [0.5, 0.6) is 0 Å². The third-order valence-electron chi connectivity index (χ3n) is 13.0. The van der Waals surface area contributed by atoms with Gasteiger partial charge in [-0.25, -0.2) is 0 Å². The number of esters is 3. The fraction of sp³-hybridized carbons (Fsp3) is 0.946. The van der Waals surface area contributed by atoms with Gasteiger partial charge in [-0.1, -0.05) is 266 Å². The van der Waals surface area contributed by atoms with Crippen LogP contribution in [0, 0.1) is 17.8 Å². The van der Waals surface area contributed by atoms with E-state index in [-0.39, 0.29) is 31.1 Å². The van der Waals surface area contributed by atoms with Crippen molar-refractivity contribution < 1.29 is 28.6 Å². The second kappa shape index (κ2) is 47.4. The summed E-state index contributed by atoms with van der Waals surface area (Å²) in [7, 11) is 0. The van der Waals surface area contributed by atoms with Crippen LogP contribution >= 0.6 is 0 Å². The molecule has 0 aromatic heterocycles. The Morgan fingerprint density at radius 2 is 0.565 bits per heavy atom. The van der Waals surface area contributed by atoms with Gasteiger partial charge in [0.15, 0.2) is 6.10 Å². The van der Waals surface area contributed by atoms with Gasteiger partial charge >= 0.3 is 17.9 Å². The lowest BCUT2D eigenvalue weighted by molar-refractivity contribution is -0.167. The highest BCUT2D eigenvalue weighted by molar-refractivity contribution is 5.71. The first-order chi connectivity index (χ1) is 30.1. The molecule has 0 aliphatic rings. The molecule has 6 heteroatoms. The Kier molecular flexibility index (Phi) is 46.2. The SMILES string of the molecule is CCC(C)CCCCCCCCCCC(=O)O[C@@H](COC(=O)CCCCCCCCCCCCCCCCCCC(C)C)COC(=O)CCCCCCCCCCCCC(C)C. The van der Waals surface area contributed by atoms with Gasteiger partial charge in [0.2, 0.25) is 0 Å². The van der Waals surface area contributed by atoms with Crippen LogP contribution in [-0.4, -0.2) is 37.2 Å². The highest BCUT2D eigenvalue weighted by atomic mass is 16.6. The molecule has 0 radical (unpaired) electrons. The van der Waals surface area contributed by atoms with E-state index in [0.717, 1.165) is 75.5 Å². The molecule has 0 bridgehead atoms. The summed E-state index contributed by atoms with van der Waals surface area (Å²) in [5.74, 6) is 1.67. The molecular formula is C56H108O6. The maximum Gasteiger partial charge on any atom is 0.306 e. The highest BCUT2D eigenvalue weighted by Gasteiger charge is 2.19. The van der Waals surface area contributed by atoms with E-state index >= 15 is 0 Å². The van der Waals surface area contributed by atoms with Crippen LogP contribution in [0.15, 0.2) is 0 Å². The number of ether oxygens (including phenoxy) is 3. The summed E-state index contributed by atoms with van der Waals surface area (Å²) in [6.07, 6.45) is 48.0. The van der Waals surface area contributed by atoms with E-state index in [0.29, 0.717) is 19.3 Å². The standard InChI is InChI=1S/C56H108O6/c1-7-52(6)44-38-32-26-22-23-29-35-41-47-56(59)62-53(49-61-55(58)46-40-34-28-21-17-16-19-25-31-37-43-51(4)5)48-60-54(57)45-39-33-27-20-15-13-11-9-8-10-12-14-18-24-30-36-42-50(2)3/h50-53H,7-49H2,1-6H3/t52?,53-/m0/s1. The zero-order valence-corrected chi connectivity index (χ0v) is 42.7. The normalized spacial score (nSPS) is 12.6. The monoisotopic (exact) mass is 877 g/mol. The minimum absolute atomic E-state index is 0.0644. The Hall–Kier alpha value is -1.59. The van der Waals surface area contributed by atoms with Crippen molar-refractivity contribution >= 4 is 17.9 Å². The molecule has 368 valence electrons. The summed E-state index contributed by atoms with van der Waals surface area (Å²) in [5.41, 5.74) is 0. The number of unbranched alkanes of at least 4 members (excludes halogenated alkanes) is 31. The maximum atomic E-state index is 12.8. The van der Waals surface area contributed by atoms with Gasteiger partial charge in [0, 0.05) is 19.3 Å². The minimum atomic E-state index is -0.763. The highest BCUT2D eigenvalue weighted by Crippen LogP contribution is 2.18. The summed E-state index contributed by atoms with van der Waals surface area (Å²) in [4.78, 5) is 38.0. The Bertz CT molecular complexity index is 962. The molecule has 0 amide bonds. The van der Waals surface area contributed by atoms with Crippen LogP contribution in [-0.2, 0) is 28.6 Å². The average Bonchev–Trinajstić information content (AvgIpc) is 3.24. The van der Waals surface area contributed by atoms with Gasteiger partial charge < -0.3 is 14.2 Å². The number of carbonyl (C=O) groups is 3. The summed E-state index contributed by atoms with van der Waals surface area (Å²) >= 11 is 0. The smallest absolute Gasteiger partial charge is 0.306 e. The van der Waals surface area contributed by atoms with Crippen molar-refractivity contribution in [3.8, 4) is 0 Å². The van der Waals surface area contributed by atoms with E-state index in [1.54, 1.807) is 0 Å². The molecular weight excluding hydrogens is 769 g/mol. The van der Waals surface area contributed by atoms with Crippen molar-refractivity contribution in [3.63, 3.8) is 0 Å². The Labute approximate surface area is 387 Å². The van der Waals surface area contributed by atoms with Crippen molar-refractivity contribution in [1.82, 2.24) is 0 Å². The van der Waals surface area contributed by atoms with Gasteiger partial charge in [-0.05, 0) is 37.0 Å². The quantitative estimate of drug-likeness (QED) is 0.0344. The van der Waals surface area contributed by atoms with Crippen molar-refractivity contribution in [2.75, 3.05) is 13.2 Å². The van der Waals surface area contributed by atoms with E-state index in [9.17, 15) is 14.4 Å². The molecule has 0 saturated carbocycles. The predicted octanol–water partition coefficient (Wildman–Crippen LogP) is 17.9. The molecule has 0 aliphatic carbocycles. The number of hydrogen-bond acceptors (Lipinski definition) is 6. The Balaban J connectivity index is 4.27. The van der Waals surface area contributed by atoms with Gasteiger partial charge in [-0.3, -0.25) is 14.4 Å². The van der Waals surface area contributed by atoms with E-state index in [2.05, 4.69) is 41.5 Å². The molecule has 2 atom stereocenters. The fourth-order valence-electron chi connectivity index (χ4n) is 8.44. The molecule has 1 unspecified atom stereocenters. The van der Waals surface area contributed by atoms with E-state index in [1.807, 2.05) is 0 Å². The van der Waals surface area contributed by atoms with E-state index in [4.69, 9.17) is 14.2 Å². The first-order valence-electron chi connectivity index (χ1n) is 27.6. The second-order valence-electron chi connectivity index (χ2n) is 20.4. The number of hydrogen-bond donors (Lipinski definition) is 0. The zero-order valence-electron chi connectivity index (χ0n) is 42.7. The Morgan fingerprint density at radius 1 is 0.323 bits per heavy atom. The Morgan fingerprint density at radius 3 is 0.839 bits per heavy atom. The second-order valence-corrected chi connectivity index (χ2v) is 20.4. The number of rotatable bonds is 49. The van der Waals surface area contributed by atoms with Crippen LogP contribution in [0.2, 0.25) is 0 Å². The third-order valence-corrected chi connectivity index (χ3v) is 13.0. The van der Waals surface area contributed by atoms with Crippen LogP contribution in [0.25, 0.3) is 0 Å². The predicted molar refractivity (Wildman–Crippen MR) is 266 cm³/mol. The lowest BCUT2D eigenvalue weighted by Crippen LogP contribution is -2.30. The summed E-state index contributed by atoms with van der Waals surface area (Å²) < 4.78 is 16.8. The van der Waals surface area contributed by atoms with Crippen LogP contribution in [0.3, 0.4) is 0 Å². The molecule has 62 heavy (non-hydrogen) atoms. The molecule has 0 aliphatic heterocycles. The minimum Gasteiger partial charge on any atom is -0.462 e. The van der Waals surface area contributed by atoms with E-state index in [1.165, 1.54) is 186 Å². The van der Waals surface area contributed by atoms with Gasteiger partial charge in [-0.2, -0.15) is 0 Å². The molecule has 0 aromatic rings. The molecule has 0 saturated heterocycles. The first-order valence-corrected chi connectivity index (χ1v) is 27.6. The maximum absolute atomic E-state index is 12.8. The lowest BCUT2D eigenvalue weighted by Gasteiger charge is -2.18.